The molecule has 0 bridgehead atoms. The van der Waals surface area contributed by atoms with Crippen LogP contribution in [0.1, 0.15) is 42.6 Å². The van der Waals surface area contributed by atoms with Crippen molar-refractivity contribution in [2.75, 3.05) is 18.1 Å². The molecule has 1 aliphatic heterocycles. The number of benzene rings is 1. The number of carbonyl (C=O) groups is 1. The maximum Gasteiger partial charge on any atom is 0.417 e. The van der Waals surface area contributed by atoms with Crippen LogP contribution in [0.2, 0.25) is 5.02 Å². The van der Waals surface area contributed by atoms with E-state index in [9.17, 15) is 30.8 Å². The number of nitrogens with one attached hydrogen (secondary N) is 1. The molecule has 1 N–H and O–H groups in total. The fraction of sp³-hybridized carbons (Fsp3) is 0.429. The largest absolute Gasteiger partial charge is 0.490 e. The van der Waals surface area contributed by atoms with E-state index in [1.54, 1.807) is 9.62 Å². The van der Waals surface area contributed by atoms with E-state index in [0.29, 0.717) is 18.8 Å². The third-order valence-electron chi connectivity index (χ3n) is 5.30. The number of rotatable bonds is 7. The van der Waals surface area contributed by atoms with E-state index >= 15 is 0 Å². The first kappa shape index (κ1) is 26.0. The van der Waals surface area contributed by atoms with Crippen molar-refractivity contribution < 1.29 is 35.5 Å². The molecule has 0 spiro atoms. The molecule has 7 nitrogen and oxygen atoms in total. The van der Waals surface area contributed by atoms with E-state index in [0.717, 1.165) is 30.8 Å². The number of amides is 1. The van der Waals surface area contributed by atoms with Crippen molar-refractivity contribution in [3.8, 4) is 5.75 Å². The maximum absolute atomic E-state index is 14.5. The zero-order chi connectivity index (χ0) is 25.3. The molecule has 0 radical (unpaired) electrons. The molecule has 186 valence electrons. The number of alkyl halides is 3. The number of hydrogen-bond acceptors (Lipinski definition) is 6. The van der Waals surface area contributed by atoms with Gasteiger partial charge in [-0.1, -0.05) is 11.6 Å². The summed E-state index contributed by atoms with van der Waals surface area (Å²) in [6, 6.07) is 3.85. The van der Waals surface area contributed by atoms with Crippen molar-refractivity contribution in [2.45, 2.75) is 44.2 Å². The highest BCUT2D eigenvalue weighted by Gasteiger charge is 2.32. The van der Waals surface area contributed by atoms with E-state index < -0.39 is 44.3 Å². The van der Waals surface area contributed by atoms with Gasteiger partial charge in [0.2, 0.25) is 10.0 Å². The van der Waals surface area contributed by atoms with Crippen LogP contribution in [0.3, 0.4) is 0 Å². The standard InChI is InChI=1S/C21H22ClF4N3O4S/c1-12(2)34(31,32)28-20(30)15-8-16(22)18(9-17(15)23)33-11-14-4-3-7-29(14)19-6-5-13(10-27-19)21(24,25)26/h5-6,8-10,12,14H,3-4,7,11H2,1-2H3,(H,28,30)/t14-/m1/s1. The normalized spacial score (nSPS) is 16.7. The van der Waals surface area contributed by atoms with Crippen LogP contribution in [-0.2, 0) is 16.2 Å². The molecule has 34 heavy (non-hydrogen) atoms. The number of sulfonamides is 1. The van der Waals surface area contributed by atoms with Crippen molar-refractivity contribution in [1.82, 2.24) is 9.71 Å². The van der Waals surface area contributed by atoms with Crippen molar-refractivity contribution in [2.24, 2.45) is 0 Å². The average molecular weight is 524 g/mol. The molecule has 3 rings (SSSR count). The molecule has 1 atom stereocenters. The summed E-state index contributed by atoms with van der Waals surface area (Å²) in [6.07, 6.45) is -2.30. The third kappa shape index (κ3) is 5.90. The van der Waals surface area contributed by atoms with Gasteiger partial charge in [-0.15, -0.1) is 0 Å². The van der Waals surface area contributed by atoms with Gasteiger partial charge in [0.1, 0.15) is 24.0 Å². The summed E-state index contributed by atoms with van der Waals surface area (Å²) in [5.41, 5.74) is -1.41. The van der Waals surface area contributed by atoms with Gasteiger partial charge in [0, 0.05) is 18.8 Å². The van der Waals surface area contributed by atoms with Crippen LogP contribution in [-0.4, -0.2) is 43.8 Å². The van der Waals surface area contributed by atoms with Crippen LogP contribution in [0.5, 0.6) is 5.75 Å². The number of hydrogen-bond donors (Lipinski definition) is 1. The van der Waals surface area contributed by atoms with Crippen molar-refractivity contribution in [3.63, 3.8) is 0 Å². The lowest BCUT2D eigenvalue weighted by Gasteiger charge is -2.26. The second kappa shape index (κ2) is 9.95. The number of anilines is 1. The molecule has 0 unspecified atom stereocenters. The van der Waals surface area contributed by atoms with E-state index in [-0.39, 0.29) is 23.4 Å². The summed E-state index contributed by atoms with van der Waals surface area (Å²) in [7, 11) is -3.96. The molecule has 1 saturated heterocycles. The Kier molecular flexibility index (Phi) is 7.61. The SMILES string of the molecule is CC(C)S(=O)(=O)NC(=O)c1cc(Cl)c(OC[C@H]2CCCN2c2ccc(C(F)(F)F)cn2)cc1F. The second-order valence-corrected chi connectivity index (χ2v) is 10.6. The predicted octanol–water partition coefficient (Wildman–Crippen LogP) is 4.41. The van der Waals surface area contributed by atoms with Crippen LogP contribution < -0.4 is 14.4 Å². The van der Waals surface area contributed by atoms with E-state index in [4.69, 9.17) is 16.3 Å². The zero-order valence-electron chi connectivity index (χ0n) is 18.2. The summed E-state index contributed by atoms with van der Waals surface area (Å²) in [5, 5.41) is -1.00. The molecule has 1 amide bonds. The molecular weight excluding hydrogens is 502 g/mol. The summed E-state index contributed by atoms with van der Waals surface area (Å²) in [6.45, 7) is 3.32. The fourth-order valence-corrected chi connectivity index (χ4v) is 4.16. The lowest BCUT2D eigenvalue weighted by atomic mass is 10.2. The first-order valence-corrected chi connectivity index (χ1v) is 12.2. The van der Waals surface area contributed by atoms with E-state index in [1.807, 2.05) is 0 Å². The number of ether oxygens (including phenoxy) is 1. The van der Waals surface area contributed by atoms with Crippen molar-refractivity contribution >= 4 is 33.3 Å². The monoisotopic (exact) mass is 523 g/mol. The highest BCUT2D eigenvalue weighted by atomic mass is 35.5. The number of pyridine rings is 1. The van der Waals surface area contributed by atoms with Crippen molar-refractivity contribution in [3.05, 3.63) is 52.4 Å². The molecule has 2 aromatic rings. The Hall–Kier alpha value is -2.60. The second-order valence-electron chi connectivity index (χ2n) is 7.99. The molecule has 1 aliphatic rings. The van der Waals surface area contributed by atoms with Crippen LogP contribution in [0.15, 0.2) is 30.5 Å². The summed E-state index contributed by atoms with van der Waals surface area (Å²) >= 11 is 6.12. The Balaban J connectivity index is 1.70. The molecule has 1 aromatic heterocycles. The van der Waals surface area contributed by atoms with Gasteiger partial charge in [-0.2, -0.15) is 13.2 Å². The summed E-state index contributed by atoms with van der Waals surface area (Å²) in [4.78, 5) is 17.9. The van der Waals surface area contributed by atoms with Gasteiger partial charge < -0.3 is 9.64 Å². The van der Waals surface area contributed by atoms with Gasteiger partial charge in [0.05, 0.1) is 27.4 Å². The van der Waals surface area contributed by atoms with Gasteiger partial charge in [0.25, 0.3) is 5.91 Å². The van der Waals surface area contributed by atoms with Crippen LogP contribution in [0.4, 0.5) is 23.4 Å². The minimum absolute atomic E-state index is 0.0368. The minimum Gasteiger partial charge on any atom is -0.490 e. The molecular formula is C21H22ClF4N3O4S. The quantitative estimate of drug-likeness (QED) is 0.541. The lowest BCUT2D eigenvalue weighted by molar-refractivity contribution is -0.137. The van der Waals surface area contributed by atoms with Gasteiger partial charge in [-0.3, -0.25) is 4.79 Å². The molecule has 13 heteroatoms. The molecule has 1 fully saturated rings. The molecule has 2 heterocycles. The first-order chi connectivity index (χ1) is 15.8. The maximum atomic E-state index is 14.5. The lowest BCUT2D eigenvalue weighted by Crippen LogP contribution is -2.36. The van der Waals surface area contributed by atoms with Crippen LogP contribution in [0, 0.1) is 5.82 Å². The number of halogens is 5. The number of aromatic nitrogens is 1. The Morgan fingerprint density at radius 1 is 1.32 bits per heavy atom. The predicted molar refractivity (Wildman–Crippen MR) is 118 cm³/mol. The summed E-state index contributed by atoms with van der Waals surface area (Å²) in [5.74, 6) is -1.89. The first-order valence-electron chi connectivity index (χ1n) is 10.3. The van der Waals surface area contributed by atoms with Crippen LogP contribution in [0.25, 0.3) is 0 Å². The van der Waals surface area contributed by atoms with Gasteiger partial charge in [-0.25, -0.2) is 22.5 Å². The highest BCUT2D eigenvalue weighted by Crippen LogP contribution is 2.32. The van der Waals surface area contributed by atoms with Gasteiger partial charge in [-0.05, 0) is 44.9 Å². The number of nitrogens with zero attached hydrogens (tertiary/aromatic N) is 2. The Labute approximate surface area is 199 Å². The summed E-state index contributed by atoms with van der Waals surface area (Å²) < 4.78 is 84.0. The smallest absolute Gasteiger partial charge is 0.417 e. The third-order valence-corrected chi connectivity index (χ3v) is 7.31. The highest BCUT2D eigenvalue weighted by molar-refractivity contribution is 7.90. The van der Waals surface area contributed by atoms with Gasteiger partial charge >= 0.3 is 6.18 Å². The number of carbonyl (C=O) groups excluding carboxylic acids is 1. The molecule has 0 aliphatic carbocycles. The van der Waals surface area contributed by atoms with Crippen molar-refractivity contribution in [1.29, 1.82) is 0 Å². The van der Waals surface area contributed by atoms with Crippen LogP contribution >= 0.6 is 11.6 Å². The van der Waals surface area contributed by atoms with Gasteiger partial charge in [0.15, 0.2) is 0 Å². The average Bonchev–Trinajstić information content (AvgIpc) is 3.21. The Bertz CT molecular complexity index is 1160. The fourth-order valence-electron chi connectivity index (χ4n) is 3.34. The molecule has 1 aromatic carbocycles. The zero-order valence-corrected chi connectivity index (χ0v) is 19.8. The van der Waals surface area contributed by atoms with E-state index in [2.05, 4.69) is 4.98 Å². The topological polar surface area (TPSA) is 88.6 Å². The van der Waals surface area contributed by atoms with E-state index in [1.165, 1.54) is 19.9 Å². The Morgan fingerprint density at radius 3 is 2.62 bits per heavy atom. The Morgan fingerprint density at radius 2 is 2.03 bits per heavy atom. The minimum atomic E-state index is -4.48. The molecule has 0 saturated carbocycles.